The van der Waals surface area contributed by atoms with Gasteiger partial charge in [-0.25, -0.2) is 13.1 Å². The van der Waals surface area contributed by atoms with Crippen LogP contribution in [-0.2, 0) is 16.2 Å². The summed E-state index contributed by atoms with van der Waals surface area (Å²) in [6.07, 6.45) is 0.603. The number of benzene rings is 1. The summed E-state index contributed by atoms with van der Waals surface area (Å²) >= 11 is 0. The Bertz CT molecular complexity index is 622. The van der Waals surface area contributed by atoms with Crippen molar-refractivity contribution in [3.63, 3.8) is 0 Å². The molecule has 23 heavy (non-hydrogen) atoms. The van der Waals surface area contributed by atoms with Gasteiger partial charge in [-0.1, -0.05) is 31.4 Å². The van der Waals surface area contributed by atoms with Crippen LogP contribution in [0.4, 0.5) is 13.2 Å². The van der Waals surface area contributed by atoms with Gasteiger partial charge in [0, 0.05) is 6.04 Å². The van der Waals surface area contributed by atoms with Gasteiger partial charge in [0.2, 0.25) is 10.0 Å². The van der Waals surface area contributed by atoms with Crippen LogP contribution < -0.4 is 4.72 Å². The van der Waals surface area contributed by atoms with Gasteiger partial charge in [0.1, 0.15) is 0 Å². The molecule has 0 saturated heterocycles. The van der Waals surface area contributed by atoms with Crippen LogP contribution in [0.5, 0.6) is 0 Å². The number of hydrogen-bond acceptors (Lipinski definition) is 2. The van der Waals surface area contributed by atoms with Crippen LogP contribution in [0.3, 0.4) is 0 Å². The molecule has 0 aromatic heterocycles. The van der Waals surface area contributed by atoms with E-state index in [2.05, 4.69) is 4.72 Å². The van der Waals surface area contributed by atoms with E-state index in [0.717, 1.165) is 44.2 Å². The molecule has 2 rings (SSSR count). The number of halogens is 3. The van der Waals surface area contributed by atoms with E-state index in [4.69, 9.17) is 0 Å². The molecule has 130 valence electrons. The maximum absolute atomic E-state index is 12.7. The third kappa shape index (κ3) is 5.49. The second-order valence-electron chi connectivity index (χ2n) is 6.25. The van der Waals surface area contributed by atoms with Gasteiger partial charge in [0.05, 0.1) is 11.3 Å². The summed E-state index contributed by atoms with van der Waals surface area (Å²) in [6, 6.07) is 4.08. The first-order valence-corrected chi connectivity index (χ1v) is 9.50. The lowest BCUT2D eigenvalue weighted by Crippen LogP contribution is -2.32. The highest BCUT2D eigenvalue weighted by molar-refractivity contribution is 7.89. The minimum Gasteiger partial charge on any atom is -0.212 e. The second-order valence-corrected chi connectivity index (χ2v) is 8.05. The number of alkyl halides is 3. The maximum atomic E-state index is 12.7. The van der Waals surface area contributed by atoms with Gasteiger partial charge < -0.3 is 0 Å². The first-order valence-electron chi connectivity index (χ1n) is 7.84. The number of nitrogens with one attached hydrogen (secondary N) is 1. The van der Waals surface area contributed by atoms with Crippen molar-refractivity contribution in [3.05, 3.63) is 35.4 Å². The van der Waals surface area contributed by atoms with Crippen LogP contribution in [-0.4, -0.2) is 14.2 Å². The van der Waals surface area contributed by atoms with Crippen molar-refractivity contribution in [2.45, 2.75) is 51.2 Å². The van der Waals surface area contributed by atoms with Crippen molar-refractivity contribution in [1.29, 1.82) is 0 Å². The molecule has 0 bridgehead atoms. The third-order valence-corrected chi connectivity index (χ3v) is 5.87. The topological polar surface area (TPSA) is 46.2 Å². The van der Waals surface area contributed by atoms with Crippen molar-refractivity contribution in [1.82, 2.24) is 4.72 Å². The molecule has 1 aliphatic carbocycles. The standard InChI is InChI=1S/C16H22F3NO2S/c1-12(14-8-5-9-15(10-14)16(17,18)19)20-23(21,22)11-13-6-3-2-4-7-13/h5,8-10,12-13,20H,2-4,6-7,11H2,1H3/t12-/m0/s1. The summed E-state index contributed by atoms with van der Waals surface area (Å²) < 4.78 is 65.2. The Balaban J connectivity index is 2.04. The average molecular weight is 349 g/mol. The zero-order valence-electron chi connectivity index (χ0n) is 13.1. The molecule has 0 heterocycles. The summed E-state index contributed by atoms with van der Waals surface area (Å²) in [6.45, 7) is 1.56. The molecule has 0 spiro atoms. The Morgan fingerprint density at radius 2 is 1.87 bits per heavy atom. The zero-order chi connectivity index (χ0) is 17.1. The summed E-state index contributed by atoms with van der Waals surface area (Å²) in [5.41, 5.74) is -0.458. The summed E-state index contributed by atoms with van der Waals surface area (Å²) in [5, 5.41) is 0. The summed E-state index contributed by atoms with van der Waals surface area (Å²) in [5.74, 6) is 0.200. The van der Waals surface area contributed by atoms with E-state index in [1.807, 2.05) is 0 Å². The molecular formula is C16H22F3NO2S. The third-order valence-electron chi connectivity index (χ3n) is 4.25. The predicted molar refractivity (Wildman–Crippen MR) is 83.4 cm³/mol. The van der Waals surface area contributed by atoms with E-state index in [0.29, 0.717) is 5.56 Å². The molecule has 1 aliphatic rings. The minimum absolute atomic E-state index is 0.0519. The minimum atomic E-state index is -4.43. The van der Waals surface area contributed by atoms with Crippen molar-refractivity contribution >= 4 is 10.0 Å². The fourth-order valence-electron chi connectivity index (χ4n) is 3.03. The van der Waals surface area contributed by atoms with Gasteiger partial charge in [-0.3, -0.25) is 0 Å². The Morgan fingerprint density at radius 1 is 1.22 bits per heavy atom. The monoisotopic (exact) mass is 349 g/mol. The first-order chi connectivity index (χ1) is 10.7. The van der Waals surface area contributed by atoms with Gasteiger partial charge in [-0.15, -0.1) is 0 Å². The fourth-order valence-corrected chi connectivity index (χ4v) is 4.76. The lowest BCUT2D eigenvalue weighted by molar-refractivity contribution is -0.137. The Morgan fingerprint density at radius 3 is 2.48 bits per heavy atom. The lowest BCUT2D eigenvalue weighted by atomic mass is 9.91. The highest BCUT2D eigenvalue weighted by Crippen LogP contribution is 2.31. The van der Waals surface area contributed by atoms with E-state index in [-0.39, 0.29) is 11.7 Å². The van der Waals surface area contributed by atoms with Gasteiger partial charge >= 0.3 is 6.18 Å². The van der Waals surface area contributed by atoms with Crippen molar-refractivity contribution in [2.75, 3.05) is 5.75 Å². The van der Waals surface area contributed by atoms with Crippen LogP contribution >= 0.6 is 0 Å². The molecule has 1 aromatic rings. The van der Waals surface area contributed by atoms with Crippen LogP contribution in [0.1, 0.15) is 56.2 Å². The molecule has 0 amide bonds. The van der Waals surface area contributed by atoms with Crippen molar-refractivity contribution in [3.8, 4) is 0 Å². The molecular weight excluding hydrogens is 327 g/mol. The van der Waals surface area contributed by atoms with Crippen LogP contribution in [0.2, 0.25) is 0 Å². The zero-order valence-corrected chi connectivity index (χ0v) is 13.9. The van der Waals surface area contributed by atoms with Gasteiger partial charge in [-0.05, 0) is 43.4 Å². The fraction of sp³-hybridized carbons (Fsp3) is 0.625. The second kappa shape index (κ2) is 7.21. The smallest absolute Gasteiger partial charge is 0.212 e. The Hall–Kier alpha value is -1.08. The lowest BCUT2D eigenvalue weighted by Gasteiger charge is -2.23. The molecule has 1 saturated carbocycles. The molecule has 1 N–H and O–H groups in total. The number of hydrogen-bond donors (Lipinski definition) is 1. The van der Waals surface area contributed by atoms with Gasteiger partial charge in [-0.2, -0.15) is 13.2 Å². The van der Waals surface area contributed by atoms with E-state index in [1.165, 1.54) is 12.1 Å². The molecule has 0 unspecified atom stereocenters. The number of rotatable bonds is 5. The van der Waals surface area contributed by atoms with Crippen LogP contribution in [0.15, 0.2) is 24.3 Å². The molecule has 1 aromatic carbocycles. The number of sulfonamides is 1. The van der Waals surface area contributed by atoms with E-state index < -0.39 is 27.8 Å². The highest BCUT2D eigenvalue weighted by atomic mass is 32.2. The highest BCUT2D eigenvalue weighted by Gasteiger charge is 2.31. The van der Waals surface area contributed by atoms with E-state index in [1.54, 1.807) is 6.92 Å². The Kier molecular flexibility index (Phi) is 5.73. The van der Waals surface area contributed by atoms with Crippen LogP contribution in [0.25, 0.3) is 0 Å². The molecule has 1 atom stereocenters. The van der Waals surface area contributed by atoms with Crippen molar-refractivity contribution in [2.24, 2.45) is 5.92 Å². The largest absolute Gasteiger partial charge is 0.416 e. The first kappa shape index (κ1) is 18.3. The molecule has 0 radical (unpaired) electrons. The normalized spacial score (nSPS) is 18.8. The maximum Gasteiger partial charge on any atom is 0.416 e. The molecule has 0 aliphatic heterocycles. The molecule has 7 heteroatoms. The molecule has 3 nitrogen and oxygen atoms in total. The van der Waals surface area contributed by atoms with Crippen LogP contribution in [0, 0.1) is 5.92 Å². The quantitative estimate of drug-likeness (QED) is 0.863. The predicted octanol–water partition coefficient (Wildman–Crippen LogP) is 4.27. The summed E-state index contributed by atoms with van der Waals surface area (Å²) in [4.78, 5) is 0. The molecule has 1 fully saturated rings. The average Bonchev–Trinajstić information content (AvgIpc) is 2.46. The van der Waals surface area contributed by atoms with E-state index in [9.17, 15) is 21.6 Å². The van der Waals surface area contributed by atoms with Gasteiger partial charge in [0.15, 0.2) is 0 Å². The Labute approximate surface area is 135 Å². The van der Waals surface area contributed by atoms with Crippen molar-refractivity contribution < 1.29 is 21.6 Å². The summed E-state index contributed by atoms with van der Waals surface area (Å²) in [7, 11) is -3.51. The SMILES string of the molecule is C[C@H](NS(=O)(=O)CC1CCCCC1)c1cccc(C(F)(F)F)c1. The van der Waals surface area contributed by atoms with E-state index >= 15 is 0 Å². The van der Waals surface area contributed by atoms with Gasteiger partial charge in [0.25, 0.3) is 0 Å².